The lowest BCUT2D eigenvalue weighted by Crippen LogP contribution is -2.27. The lowest BCUT2D eigenvalue weighted by molar-refractivity contribution is -0.00461. The van der Waals surface area contributed by atoms with Gasteiger partial charge in [0.25, 0.3) is 0 Å². The molecule has 0 radical (unpaired) electrons. The van der Waals surface area contributed by atoms with Gasteiger partial charge < -0.3 is 19.7 Å². The minimum absolute atomic E-state index is 0.0643. The van der Waals surface area contributed by atoms with Crippen molar-refractivity contribution in [2.45, 2.75) is 19.1 Å². The van der Waals surface area contributed by atoms with Crippen molar-refractivity contribution in [1.29, 1.82) is 0 Å². The first-order chi connectivity index (χ1) is 9.19. The maximum Gasteiger partial charge on any atom is 0.224 e. The number of aromatic nitrogens is 2. The molecule has 0 aliphatic carbocycles. The summed E-state index contributed by atoms with van der Waals surface area (Å²) in [5.74, 6) is 1.50. The van der Waals surface area contributed by atoms with Crippen LogP contribution in [0.4, 0.5) is 11.8 Å². The van der Waals surface area contributed by atoms with Gasteiger partial charge in [0.15, 0.2) is 0 Å². The van der Waals surface area contributed by atoms with Crippen LogP contribution in [0.15, 0.2) is 10.7 Å². The van der Waals surface area contributed by atoms with Crippen LogP contribution in [0.2, 0.25) is 0 Å². The van der Waals surface area contributed by atoms with E-state index in [1.165, 1.54) is 0 Å². The average molecular weight is 331 g/mol. The smallest absolute Gasteiger partial charge is 0.224 e. The van der Waals surface area contributed by atoms with Crippen molar-refractivity contribution in [2.75, 3.05) is 44.1 Å². The minimum Gasteiger partial charge on any atom is -0.377 e. The SMILES string of the molecule is CCNc1ncc(Br)c(N2CC(OC)C(OC)C2)n1. The fourth-order valence-corrected chi connectivity index (χ4v) is 2.63. The monoisotopic (exact) mass is 330 g/mol. The molecule has 106 valence electrons. The zero-order chi connectivity index (χ0) is 13.8. The second kappa shape index (κ2) is 6.49. The number of hydrogen-bond acceptors (Lipinski definition) is 6. The second-order valence-corrected chi connectivity index (χ2v) is 5.20. The first-order valence-electron chi connectivity index (χ1n) is 6.26. The Morgan fingerprint density at radius 3 is 2.53 bits per heavy atom. The van der Waals surface area contributed by atoms with E-state index in [1.54, 1.807) is 20.4 Å². The molecule has 1 aliphatic rings. The molecule has 2 rings (SSSR count). The van der Waals surface area contributed by atoms with Gasteiger partial charge in [-0.2, -0.15) is 4.98 Å². The molecule has 1 aromatic heterocycles. The largest absolute Gasteiger partial charge is 0.377 e. The summed E-state index contributed by atoms with van der Waals surface area (Å²) in [5, 5.41) is 3.12. The highest BCUT2D eigenvalue weighted by Crippen LogP contribution is 2.28. The van der Waals surface area contributed by atoms with Crippen molar-refractivity contribution in [1.82, 2.24) is 9.97 Å². The van der Waals surface area contributed by atoms with Crippen molar-refractivity contribution < 1.29 is 9.47 Å². The van der Waals surface area contributed by atoms with Gasteiger partial charge in [-0.1, -0.05) is 0 Å². The Kier molecular flexibility index (Phi) is 4.95. The van der Waals surface area contributed by atoms with E-state index < -0.39 is 0 Å². The molecule has 1 N–H and O–H groups in total. The van der Waals surface area contributed by atoms with Crippen LogP contribution in [0.1, 0.15) is 6.92 Å². The third kappa shape index (κ3) is 3.16. The fourth-order valence-electron chi connectivity index (χ4n) is 2.19. The van der Waals surface area contributed by atoms with E-state index in [2.05, 4.69) is 36.1 Å². The van der Waals surface area contributed by atoms with Crippen LogP contribution < -0.4 is 10.2 Å². The summed E-state index contributed by atoms with van der Waals surface area (Å²) in [6.07, 6.45) is 1.89. The normalized spacial score (nSPS) is 22.8. The van der Waals surface area contributed by atoms with Crippen LogP contribution in [-0.2, 0) is 9.47 Å². The standard InChI is InChI=1S/C12H19BrN4O2/c1-4-14-12-15-5-8(13)11(16-12)17-6-9(18-2)10(7-17)19-3/h5,9-10H,4,6-7H2,1-3H3,(H,14,15,16). The van der Waals surface area contributed by atoms with E-state index in [0.717, 1.165) is 29.9 Å². The van der Waals surface area contributed by atoms with Crippen LogP contribution in [0.25, 0.3) is 0 Å². The summed E-state index contributed by atoms with van der Waals surface area (Å²) in [6.45, 7) is 4.33. The van der Waals surface area contributed by atoms with Crippen LogP contribution in [0.3, 0.4) is 0 Å². The number of hydrogen-bond donors (Lipinski definition) is 1. The Morgan fingerprint density at radius 2 is 2.00 bits per heavy atom. The molecule has 0 spiro atoms. The van der Waals surface area contributed by atoms with E-state index in [4.69, 9.17) is 9.47 Å². The Bertz CT molecular complexity index is 420. The van der Waals surface area contributed by atoms with Gasteiger partial charge in [-0.3, -0.25) is 0 Å². The Labute approximate surface area is 121 Å². The summed E-state index contributed by atoms with van der Waals surface area (Å²) in [4.78, 5) is 10.9. The number of halogens is 1. The van der Waals surface area contributed by atoms with Crippen LogP contribution >= 0.6 is 15.9 Å². The van der Waals surface area contributed by atoms with Crippen molar-refractivity contribution in [3.63, 3.8) is 0 Å². The minimum atomic E-state index is 0.0643. The average Bonchev–Trinajstić information content (AvgIpc) is 2.84. The number of rotatable bonds is 5. The highest BCUT2D eigenvalue weighted by atomic mass is 79.9. The highest BCUT2D eigenvalue weighted by molar-refractivity contribution is 9.10. The van der Waals surface area contributed by atoms with Crippen molar-refractivity contribution in [3.8, 4) is 0 Å². The van der Waals surface area contributed by atoms with Gasteiger partial charge in [0, 0.05) is 40.1 Å². The molecule has 0 bridgehead atoms. The van der Waals surface area contributed by atoms with Crippen molar-refractivity contribution >= 4 is 27.7 Å². The number of methoxy groups -OCH3 is 2. The molecule has 2 atom stereocenters. The summed E-state index contributed by atoms with van der Waals surface area (Å²) in [7, 11) is 3.42. The first-order valence-corrected chi connectivity index (χ1v) is 7.05. The molecule has 19 heavy (non-hydrogen) atoms. The molecular weight excluding hydrogens is 312 g/mol. The molecule has 2 unspecified atom stereocenters. The third-order valence-electron chi connectivity index (χ3n) is 3.18. The second-order valence-electron chi connectivity index (χ2n) is 4.35. The zero-order valence-corrected chi connectivity index (χ0v) is 13.0. The van der Waals surface area contributed by atoms with Crippen molar-refractivity contribution in [2.24, 2.45) is 0 Å². The quantitative estimate of drug-likeness (QED) is 0.883. The number of nitrogens with zero attached hydrogens (tertiary/aromatic N) is 3. The van der Waals surface area contributed by atoms with Gasteiger partial charge in [0.2, 0.25) is 5.95 Å². The third-order valence-corrected chi connectivity index (χ3v) is 3.74. The van der Waals surface area contributed by atoms with Gasteiger partial charge >= 0.3 is 0 Å². The molecule has 0 saturated carbocycles. The summed E-state index contributed by atoms with van der Waals surface area (Å²) in [5.41, 5.74) is 0. The summed E-state index contributed by atoms with van der Waals surface area (Å²) in [6, 6.07) is 0. The van der Waals surface area contributed by atoms with E-state index in [9.17, 15) is 0 Å². The van der Waals surface area contributed by atoms with Crippen LogP contribution in [-0.4, -0.2) is 56.0 Å². The van der Waals surface area contributed by atoms with Gasteiger partial charge in [0.05, 0.1) is 4.47 Å². The van der Waals surface area contributed by atoms with Gasteiger partial charge in [0.1, 0.15) is 18.0 Å². The molecule has 6 nitrogen and oxygen atoms in total. The summed E-state index contributed by atoms with van der Waals surface area (Å²) >= 11 is 3.50. The molecule has 1 aliphatic heterocycles. The predicted molar refractivity (Wildman–Crippen MR) is 77.7 cm³/mol. The number of nitrogens with one attached hydrogen (secondary N) is 1. The van der Waals surface area contributed by atoms with E-state index in [1.807, 2.05) is 6.92 Å². The number of ether oxygens (including phenoxy) is 2. The fraction of sp³-hybridized carbons (Fsp3) is 0.667. The van der Waals surface area contributed by atoms with Crippen LogP contribution in [0.5, 0.6) is 0 Å². The molecule has 0 amide bonds. The van der Waals surface area contributed by atoms with Gasteiger partial charge in [-0.25, -0.2) is 4.98 Å². The molecule has 7 heteroatoms. The van der Waals surface area contributed by atoms with Crippen LogP contribution in [0, 0.1) is 0 Å². The highest BCUT2D eigenvalue weighted by Gasteiger charge is 2.34. The van der Waals surface area contributed by atoms with E-state index in [-0.39, 0.29) is 12.2 Å². The Morgan fingerprint density at radius 1 is 1.37 bits per heavy atom. The zero-order valence-electron chi connectivity index (χ0n) is 11.4. The lowest BCUT2D eigenvalue weighted by Gasteiger charge is -2.18. The molecule has 1 fully saturated rings. The summed E-state index contributed by atoms with van der Waals surface area (Å²) < 4.78 is 11.8. The molecule has 0 aromatic carbocycles. The van der Waals surface area contributed by atoms with Gasteiger partial charge in [-0.15, -0.1) is 0 Å². The first kappa shape index (κ1) is 14.5. The Balaban J connectivity index is 2.20. The van der Waals surface area contributed by atoms with Gasteiger partial charge in [-0.05, 0) is 22.9 Å². The maximum absolute atomic E-state index is 5.44. The molecule has 1 saturated heterocycles. The predicted octanol–water partition coefficient (Wildman–Crippen LogP) is 1.52. The van der Waals surface area contributed by atoms with E-state index in [0.29, 0.717) is 5.95 Å². The maximum atomic E-state index is 5.44. The molecular formula is C12H19BrN4O2. The Hall–Kier alpha value is -0.920. The topological polar surface area (TPSA) is 59.5 Å². The molecule has 1 aromatic rings. The van der Waals surface area contributed by atoms with E-state index >= 15 is 0 Å². The number of anilines is 2. The van der Waals surface area contributed by atoms with Crippen molar-refractivity contribution in [3.05, 3.63) is 10.7 Å². The molecule has 2 heterocycles. The lowest BCUT2D eigenvalue weighted by atomic mass is 10.3.